The van der Waals surface area contributed by atoms with Crippen molar-refractivity contribution in [2.75, 3.05) is 9.44 Å². The molecule has 28 heavy (non-hydrogen) atoms. The highest BCUT2D eigenvalue weighted by molar-refractivity contribution is 7.94. The van der Waals surface area contributed by atoms with E-state index in [1.807, 2.05) is 0 Å². The number of rotatable bonds is 6. The molecule has 0 aliphatic rings. The second-order valence-electron chi connectivity index (χ2n) is 5.74. The predicted octanol–water partition coefficient (Wildman–Crippen LogP) is 3.41. The molecule has 12 heteroatoms. The number of benzene rings is 1. The van der Waals surface area contributed by atoms with E-state index in [4.69, 9.17) is 11.6 Å². The molecule has 0 unspecified atom stereocenters. The fourth-order valence-corrected chi connectivity index (χ4v) is 5.85. The molecule has 2 aromatic heterocycles. The molecule has 2 N–H and O–H groups in total. The lowest BCUT2D eigenvalue weighted by Gasteiger charge is -2.10. The maximum atomic E-state index is 12.5. The number of anilines is 2. The summed E-state index contributed by atoms with van der Waals surface area (Å²) in [4.78, 5) is 8.10. The van der Waals surface area contributed by atoms with Crippen molar-refractivity contribution in [3.8, 4) is 0 Å². The zero-order valence-electron chi connectivity index (χ0n) is 14.7. The van der Waals surface area contributed by atoms with E-state index >= 15 is 0 Å². The van der Waals surface area contributed by atoms with Crippen molar-refractivity contribution in [3.63, 3.8) is 0 Å². The van der Waals surface area contributed by atoms with Crippen molar-refractivity contribution < 1.29 is 16.8 Å². The number of hydrogen-bond acceptors (Lipinski definition) is 7. The van der Waals surface area contributed by atoms with Gasteiger partial charge in [0.05, 0.1) is 9.23 Å². The van der Waals surface area contributed by atoms with Crippen molar-refractivity contribution in [2.45, 2.75) is 23.0 Å². The first kappa shape index (κ1) is 20.5. The topological polar surface area (TPSA) is 118 Å². The van der Waals surface area contributed by atoms with Crippen LogP contribution in [-0.4, -0.2) is 26.8 Å². The van der Waals surface area contributed by atoms with E-state index in [1.165, 1.54) is 42.5 Å². The number of hydrogen-bond donors (Lipinski definition) is 2. The third-order valence-electron chi connectivity index (χ3n) is 3.44. The van der Waals surface area contributed by atoms with Crippen LogP contribution < -0.4 is 9.44 Å². The van der Waals surface area contributed by atoms with Gasteiger partial charge in [-0.05, 0) is 50.2 Å². The van der Waals surface area contributed by atoms with E-state index in [2.05, 4.69) is 19.4 Å². The fourth-order valence-electron chi connectivity index (χ4n) is 2.32. The molecule has 0 radical (unpaired) electrons. The first-order valence-electron chi connectivity index (χ1n) is 7.78. The Balaban J connectivity index is 1.79. The van der Waals surface area contributed by atoms with Gasteiger partial charge in [-0.2, -0.15) is 0 Å². The molecule has 0 amide bonds. The predicted molar refractivity (Wildman–Crippen MR) is 109 cm³/mol. The number of thiophene rings is 1. The van der Waals surface area contributed by atoms with Gasteiger partial charge in [0, 0.05) is 17.4 Å². The number of nitrogens with zero attached hydrogens (tertiary/aromatic N) is 2. The molecule has 148 valence electrons. The summed E-state index contributed by atoms with van der Waals surface area (Å²) in [6.07, 6.45) is 0. The quantitative estimate of drug-likeness (QED) is 0.584. The average Bonchev–Trinajstić information content (AvgIpc) is 3.01. The minimum absolute atomic E-state index is 0.0384. The molecule has 0 saturated heterocycles. The number of sulfonamides is 2. The fraction of sp³-hybridized carbons (Fsp3) is 0.125. The Labute approximate surface area is 171 Å². The standard InChI is InChI=1S/C16H15ClN4O4S3/c1-10-9-15(19-11(2)18-10)21-27(22,23)13-5-3-12(4-6-13)20-28(24,25)16-8-7-14(17)26-16/h3-9,20H,1-2H3,(H,18,19,21). The Hall–Kier alpha value is -2.21. The van der Waals surface area contributed by atoms with Crippen LogP contribution in [0.1, 0.15) is 11.5 Å². The van der Waals surface area contributed by atoms with Gasteiger partial charge in [0.2, 0.25) is 0 Å². The minimum Gasteiger partial charge on any atom is -0.279 e. The second-order valence-corrected chi connectivity index (χ2v) is 11.0. The first-order chi connectivity index (χ1) is 13.0. The van der Waals surface area contributed by atoms with Gasteiger partial charge in [-0.15, -0.1) is 11.3 Å². The molecule has 3 rings (SSSR count). The molecule has 0 aliphatic carbocycles. The third kappa shape index (κ3) is 4.79. The third-order valence-corrected chi connectivity index (χ3v) is 7.91. The van der Waals surface area contributed by atoms with E-state index in [1.54, 1.807) is 13.8 Å². The number of halogens is 1. The van der Waals surface area contributed by atoms with Crippen LogP contribution >= 0.6 is 22.9 Å². The highest BCUT2D eigenvalue weighted by atomic mass is 35.5. The summed E-state index contributed by atoms with van der Waals surface area (Å²) in [6, 6.07) is 9.70. The molecule has 8 nitrogen and oxygen atoms in total. The molecular weight excluding hydrogens is 444 g/mol. The van der Waals surface area contributed by atoms with Crippen molar-refractivity contribution >= 4 is 54.5 Å². The van der Waals surface area contributed by atoms with Crippen LogP contribution in [-0.2, 0) is 20.0 Å². The summed E-state index contributed by atoms with van der Waals surface area (Å²) >= 11 is 6.69. The van der Waals surface area contributed by atoms with Crippen LogP contribution in [0.25, 0.3) is 0 Å². The zero-order chi connectivity index (χ0) is 20.5. The van der Waals surface area contributed by atoms with Crippen LogP contribution in [0.15, 0.2) is 51.6 Å². The van der Waals surface area contributed by atoms with Crippen LogP contribution in [0.2, 0.25) is 4.34 Å². The molecule has 0 spiro atoms. The molecule has 0 saturated carbocycles. The Bertz CT molecular complexity index is 1200. The molecule has 0 atom stereocenters. The largest absolute Gasteiger partial charge is 0.279 e. The van der Waals surface area contributed by atoms with Crippen LogP contribution in [0.4, 0.5) is 11.5 Å². The van der Waals surface area contributed by atoms with E-state index in [-0.39, 0.29) is 20.6 Å². The normalized spacial score (nSPS) is 12.0. The van der Waals surface area contributed by atoms with Gasteiger partial charge in [0.1, 0.15) is 15.9 Å². The summed E-state index contributed by atoms with van der Waals surface area (Å²) in [6.45, 7) is 3.39. The smallest absolute Gasteiger partial charge is 0.271 e. The molecule has 0 bridgehead atoms. The highest BCUT2D eigenvalue weighted by Gasteiger charge is 2.19. The second kappa shape index (κ2) is 7.66. The summed E-state index contributed by atoms with van der Waals surface area (Å²) in [5, 5.41) is 0. The molecule has 3 aromatic rings. The molecule has 2 heterocycles. The summed E-state index contributed by atoms with van der Waals surface area (Å²) in [5.41, 5.74) is 0.848. The van der Waals surface area contributed by atoms with E-state index < -0.39 is 20.0 Å². The SMILES string of the molecule is Cc1cc(NS(=O)(=O)c2ccc(NS(=O)(=O)c3ccc(Cl)s3)cc2)nc(C)n1. The summed E-state index contributed by atoms with van der Waals surface area (Å²) < 4.78 is 54.8. The maximum absolute atomic E-state index is 12.5. The van der Waals surface area contributed by atoms with E-state index in [0.717, 1.165) is 11.3 Å². The Morgan fingerprint density at radius 1 is 0.893 bits per heavy atom. The molecular formula is C16H15ClN4O4S3. The lowest BCUT2D eigenvalue weighted by Crippen LogP contribution is -2.15. The van der Waals surface area contributed by atoms with Gasteiger partial charge in [-0.3, -0.25) is 9.44 Å². The van der Waals surface area contributed by atoms with E-state index in [9.17, 15) is 16.8 Å². The molecule has 0 fully saturated rings. The van der Waals surface area contributed by atoms with Crippen LogP contribution in [0.5, 0.6) is 0 Å². The lowest BCUT2D eigenvalue weighted by molar-refractivity contribution is 0.600. The maximum Gasteiger partial charge on any atom is 0.271 e. The lowest BCUT2D eigenvalue weighted by atomic mass is 10.3. The zero-order valence-corrected chi connectivity index (χ0v) is 17.9. The summed E-state index contributed by atoms with van der Waals surface area (Å²) in [5.74, 6) is 0.598. The highest BCUT2D eigenvalue weighted by Crippen LogP contribution is 2.27. The van der Waals surface area contributed by atoms with Crippen molar-refractivity contribution in [1.29, 1.82) is 0 Å². The molecule has 0 aliphatic heterocycles. The van der Waals surface area contributed by atoms with Gasteiger partial charge in [-0.1, -0.05) is 11.6 Å². The van der Waals surface area contributed by atoms with Gasteiger partial charge < -0.3 is 0 Å². The van der Waals surface area contributed by atoms with Gasteiger partial charge in [0.25, 0.3) is 20.0 Å². The Morgan fingerprint density at radius 2 is 1.57 bits per heavy atom. The van der Waals surface area contributed by atoms with E-state index in [0.29, 0.717) is 15.9 Å². The summed E-state index contributed by atoms with van der Waals surface area (Å²) in [7, 11) is -7.69. The minimum atomic E-state index is -3.89. The number of aromatic nitrogens is 2. The molecule has 1 aromatic carbocycles. The first-order valence-corrected chi connectivity index (χ1v) is 11.9. The van der Waals surface area contributed by atoms with Gasteiger partial charge >= 0.3 is 0 Å². The average molecular weight is 459 g/mol. The monoisotopic (exact) mass is 458 g/mol. The number of nitrogens with one attached hydrogen (secondary N) is 2. The van der Waals surface area contributed by atoms with Crippen molar-refractivity contribution in [1.82, 2.24) is 9.97 Å². The number of aryl methyl sites for hydroxylation is 2. The van der Waals surface area contributed by atoms with Crippen molar-refractivity contribution in [3.05, 3.63) is 58.3 Å². The van der Waals surface area contributed by atoms with Crippen LogP contribution in [0.3, 0.4) is 0 Å². The van der Waals surface area contributed by atoms with Gasteiger partial charge in [0.15, 0.2) is 0 Å². The van der Waals surface area contributed by atoms with Crippen molar-refractivity contribution in [2.24, 2.45) is 0 Å². The Morgan fingerprint density at radius 3 is 2.14 bits per heavy atom. The Kier molecular flexibility index (Phi) is 5.62. The van der Waals surface area contributed by atoms with Gasteiger partial charge in [-0.25, -0.2) is 26.8 Å². The van der Waals surface area contributed by atoms with Crippen LogP contribution in [0, 0.1) is 13.8 Å².